The van der Waals surface area contributed by atoms with Crippen LogP contribution in [-0.4, -0.2) is 52.2 Å². The van der Waals surface area contributed by atoms with Crippen molar-refractivity contribution < 1.29 is 33.0 Å². The van der Waals surface area contributed by atoms with Gasteiger partial charge in [-0.3, -0.25) is 9.59 Å². The van der Waals surface area contributed by atoms with Gasteiger partial charge in [-0.15, -0.1) is 0 Å². The quantitative estimate of drug-likeness (QED) is 0.264. The van der Waals surface area contributed by atoms with E-state index in [1.807, 2.05) is 22.6 Å². The number of hydrogen-bond donors (Lipinski definition) is 4. The van der Waals surface area contributed by atoms with Gasteiger partial charge in [0.05, 0.1) is 30.0 Å². The smallest absolute Gasteiger partial charge is 0.300 e. The van der Waals surface area contributed by atoms with Gasteiger partial charge in [-0.25, -0.2) is 13.2 Å². The lowest BCUT2D eigenvalue weighted by Crippen LogP contribution is -2.66. The summed E-state index contributed by atoms with van der Waals surface area (Å²) >= 11 is 7.87. The van der Waals surface area contributed by atoms with Gasteiger partial charge in [0.1, 0.15) is 11.4 Å². The second kappa shape index (κ2) is 12.0. The van der Waals surface area contributed by atoms with Gasteiger partial charge in [0.15, 0.2) is 11.6 Å². The van der Waals surface area contributed by atoms with E-state index in [-0.39, 0.29) is 30.9 Å². The molecule has 7 nitrogen and oxygen atoms in total. The molecule has 0 aromatic heterocycles. The molecule has 4 rings (SSSR count). The van der Waals surface area contributed by atoms with Crippen molar-refractivity contribution in [3.63, 3.8) is 0 Å². The molecular formula is C25H22ClF3IN3O4. The standard InChI is InChI=1S/C23H18ClF3IN3O2.C2H4O2/c24-13-2-1-3-15(8-13)29-10-23(33)11-31(12-23)22(32)16-5-6-17(25)20(27)21(16)30-19-7-4-14(28)9-18(19)26;1-2(3)4/h1-9,29-30,33H,10-12H2;1H3,(H,3,4). The Morgan fingerprint density at radius 3 is 2.38 bits per heavy atom. The minimum Gasteiger partial charge on any atom is -0.481 e. The van der Waals surface area contributed by atoms with Gasteiger partial charge < -0.3 is 25.7 Å². The zero-order chi connectivity index (χ0) is 27.3. The molecule has 1 saturated heterocycles. The Morgan fingerprint density at radius 2 is 1.76 bits per heavy atom. The number of carbonyl (C=O) groups is 2. The first-order valence-electron chi connectivity index (χ1n) is 10.8. The number of nitrogens with one attached hydrogen (secondary N) is 2. The lowest BCUT2D eigenvalue weighted by atomic mass is 9.92. The number of benzene rings is 3. The van der Waals surface area contributed by atoms with Crippen LogP contribution >= 0.6 is 34.2 Å². The molecule has 3 aromatic carbocycles. The largest absolute Gasteiger partial charge is 0.481 e. The van der Waals surface area contributed by atoms with Crippen molar-refractivity contribution in [1.82, 2.24) is 4.90 Å². The Balaban J connectivity index is 0.000000886. The first kappa shape index (κ1) is 28.5. The molecule has 4 N–H and O–H groups in total. The molecule has 0 bridgehead atoms. The Hall–Kier alpha value is -3.03. The number of halogens is 5. The van der Waals surface area contributed by atoms with Crippen LogP contribution in [0.3, 0.4) is 0 Å². The van der Waals surface area contributed by atoms with Crippen LogP contribution in [0.1, 0.15) is 17.3 Å². The van der Waals surface area contributed by atoms with Crippen LogP contribution in [0.15, 0.2) is 54.6 Å². The molecule has 0 atom stereocenters. The maximum atomic E-state index is 14.6. The van der Waals surface area contributed by atoms with E-state index in [0.717, 1.165) is 19.1 Å². The van der Waals surface area contributed by atoms with Gasteiger partial charge in [-0.1, -0.05) is 17.7 Å². The number of hydrogen-bond acceptors (Lipinski definition) is 5. The summed E-state index contributed by atoms with van der Waals surface area (Å²) in [5.74, 6) is -4.59. The van der Waals surface area contributed by atoms with Gasteiger partial charge in [-0.05, 0) is 71.1 Å². The summed E-state index contributed by atoms with van der Waals surface area (Å²) in [5.41, 5.74) is -1.22. The van der Waals surface area contributed by atoms with Gasteiger partial charge in [0.25, 0.3) is 11.9 Å². The van der Waals surface area contributed by atoms with Gasteiger partial charge in [0, 0.05) is 27.7 Å². The fourth-order valence-corrected chi connectivity index (χ4v) is 4.18. The van der Waals surface area contributed by atoms with Crippen LogP contribution in [0.5, 0.6) is 0 Å². The summed E-state index contributed by atoms with van der Waals surface area (Å²) in [5, 5.41) is 24.2. The van der Waals surface area contributed by atoms with Crippen molar-refractivity contribution >= 4 is 63.1 Å². The molecule has 0 unspecified atom stereocenters. The van der Waals surface area contributed by atoms with Gasteiger partial charge in [-0.2, -0.15) is 0 Å². The third-order valence-electron chi connectivity index (χ3n) is 5.22. The Bertz CT molecular complexity index is 1320. The number of amides is 1. The molecule has 1 fully saturated rings. The van der Waals surface area contributed by atoms with Crippen molar-refractivity contribution in [3.8, 4) is 0 Å². The normalized spacial score (nSPS) is 13.6. The second-order valence-electron chi connectivity index (χ2n) is 8.30. The number of anilines is 3. The molecular weight excluding hydrogens is 626 g/mol. The molecule has 0 saturated carbocycles. The van der Waals surface area contributed by atoms with Crippen LogP contribution in [0, 0.1) is 21.0 Å². The van der Waals surface area contributed by atoms with E-state index in [9.17, 15) is 23.1 Å². The lowest BCUT2D eigenvalue weighted by Gasteiger charge is -2.46. The fourth-order valence-electron chi connectivity index (χ4n) is 3.53. The highest BCUT2D eigenvalue weighted by Crippen LogP contribution is 2.32. The molecule has 1 aliphatic rings. The molecule has 0 radical (unpaired) electrons. The molecule has 1 aliphatic heterocycles. The zero-order valence-electron chi connectivity index (χ0n) is 19.4. The van der Waals surface area contributed by atoms with E-state index in [0.29, 0.717) is 14.3 Å². The van der Waals surface area contributed by atoms with Crippen molar-refractivity contribution in [2.75, 3.05) is 30.3 Å². The van der Waals surface area contributed by atoms with Crippen LogP contribution < -0.4 is 10.6 Å². The Kier molecular flexibility index (Phi) is 9.26. The number of aliphatic hydroxyl groups is 1. The maximum absolute atomic E-state index is 14.6. The van der Waals surface area contributed by atoms with Crippen molar-refractivity contribution in [2.45, 2.75) is 12.5 Å². The van der Waals surface area contributed by atoms with E-state index < -0.39 is 40.6 Å². The fraction of sp³-hybridized carbons (Fsp3) is 0.200. The summed E-state index contributed by atoms with van der Waals surface area (Å²) in [6.07, 6.45) is 0. The monoisotopic (exact) mass is 647 g/mol. The molecule has 196 valence electrons. The van der Waals surface area contributed by atoms with Crippen molar-refractivity contribution in [3.05, 3.63) is 86.2 Å². The molecule has 1 heterocycles. The summed E-state index contributed by atoms with van der Waals surface area (Å²) in [4.78, 5) is 23.3. The average molecular weight is 648 g/mol. The molecule has 1 amide bonds. The van der Waals surface area contributed by atoms with Crippen LogP contribution in [0.25, 0.3) is 0 Å². The third-order valence-corrected chi connectivity index (χ3v) is 6.13. The SMILES string of the molecule is CC(=O)O.O=C(c1ccc(F)c(F)c1Nc1ccc(I)cc1F)N1CC(O)(CNc2cccc(Cl)c2)C1. The highest BCUT2D eigenvalue weighted by molar-refractivity contribution is 14.1. The summed E-state index contributed by atoms with van der Waals surface area (Å²) < 4.78 is 43.4. The van der Waals surface area contributed by atoms with E-state index in [1.54, 1.807) is 30.3 Å². The molecule has 37 heavy (non-hydrogen) atoms. The summed E-state index contributed by atoms with van der Waals surface area (Å²) in [6.45, 7) is 1.21. The summed E-state index contributed by atoms with van der Waals surface area (Å²) in [7, 11) is 0. The van der Waals surface area contributed by atoms with Crippen LogP contribution in [0.4, 0.5) is 30.2 Å². The maximum Gasteiger partial charge on any atom is 0.300 e. The van der Waals surface area contributed by atoms with E-state index in [1.165, 1.54) is 17.0 Å². The summed E-state index contributed by atoms with van der Waals surface area (Å²) in [6, 6.07) is 13.1. The van der Waals surface area contributed by atoms with Gasteiger partial charge in [0.2, 0.25) is 0 Å². The topological polar surface area (TPSA) is 102 Å². The number of aliphatic carboxylic acids is 1. The first-order chi connectivity index (χ1) is 17.4. The predicted octanol–water partition coefficient (Wildman–Crippen LogP) is 5.50. The highest BCUT2D eigenvalue weighted by atomic mass is 127. The molecule has 12 heteroatoms. The highest BCUT2D eigenvalue weighted by Gasteiger charge is 2.44. The van der Waals surface area contributed by atoms with Gasteiger partial charge >= 0.3 is 0 Å². The number of carbonyl (C=O) groups excluding carboxylic acids is 1. The van der Waals surface area contributed by atoms with E-state index >= 15 is 0 Å². The lowest BCUT2D eigenvalue weighted by molar-refractivity contribution is -0.134. The number of β-amino-alcohol motifs (C(OH)–C–C–N with tert-alkyl or cyclic N) is 1. The minimum absolute atomic E-state index is 0.0181. The Morgan fingerprint density at radius 1 is 1.08 bits per heavy atom. The average Bonchev–Trinajstić information content (AvgIpc) is 2.80. The number of rotatable bonds is 6. The number of nitrogens with zero attached hydrogens (tertiary/aromatic N) is 1. The third kappa shape index (κ3) is 7.49. The number of carboxylic acid groups (broad SMARTS) is 1. The van der Waals surface area contributed by atoms with Crippen molar-refractivity contribution in [1.29, 1.82) is 0 Å². The van der Waals surface area contributed by atoms with Crippen LogP contribution in [0.2, 0.25) is 5.02 Å². The van der Waals surface area contributed by atoms with E-state index in [2.05, 4.69) is 10.6 Å². The number of likely N-dealkylation sites (tertiary alicyclic amines) is 1. The molecule has 3 aromatic rings. The van der Waals surface area contributed by atoms with E-state index in [4.69, 9.17) is 21.5 Å². The van der Waals surface area contributed by atoms with Crippen molar-refractivity contribution in [2.24, 2.45) is 0 Å². The molecule has 0 spiro atoms. The zero-order valence-corrected chi connectivity index (χ0v) is 22.3. The molecule has 0 aliphatic carbocycles. The predicted molar refractivity (Wildman–Crippen MR) is 143 cm³/mol. The first-order valence-corrected chi connectivity index (χ1v) is 12.2. The second-order valence-corrected chi connectivity index (χ2v) is 9.98. The minimum atomic E-state index is -1.29. The van der Waals surface area contributed by atoms with Crippen LogP contribution in [-0.2, 0) is 4.79 Å². The number of carboxylic acids is 1. The Labute approximate surface area is 229 Å².